The lowest BCUT2D eigenvalue weighted by Gasteiger charge is -2.26. The quantitative estimate of drug-likeness (QED) is 0.679. The molecule has 1 unspecified atom stereocenters. The van der Waals surface area contributed by atoms with E-state index in [2.05, 4.69) is 28.6 Å². The molecule has 0 radical (unpaired) electrons. The zero-order valence-electron chi connectivity index (χ0n) is 8.72. The molecule has 3 heteroatoms. The van der Waals surface area contributed by atoms with E-state index in [0.29, 0.717) is 12.1 Å². The van der Waals surface area contributed by atoms with Crippen molar-refractivity contribution in [3.05, 3.63) is 24.0 Å². The van der Waals surface area contributed by atoms with E-state index in [4.69, 9.17) is 0 Å². The molecule has 3 nitrogen and oxygen atoms in total. The van der Waals surface area contributed by atoms with Crippen LogP contribution in [0, 0.1) is 0 Å². The number of aromatic amines is 1. The fourth-order valence-electron chi connectivity index (χ4n) is 2.05. The number of piperidine rings is 1. The van der Waals surface area contributed by atoms with E-state index in [1.165, 1.54) is 25.1 Å². The summed E-state index contributed by atoms with van der Waals surface area (Å²) in [4.78, 5) is 3.24. The summed E-state index contributed by atoms with van der Waals surface area (Å²) in [5.74, 6) is 0. The maximum absolute atomic E-state index is 3.63. The maximum Gasteiger partial charge on any atom is 0.0446 e. The molecule has 1 aromatic heterocycles. The zero-order chi connectivity index (χ0) is 9.80. The Bertz CT molecular complexity index is 250. The average molecular weight is 193 g/mol. The molecule has 0 aromatic carbocycles. The van der Waals surface area contributed by atoms with Crippen molar-refractivity contribution in [3.8, 4) is 0 Å². The molecule has 0 aliphatic carbocycles. The van der Waals surface area contributed by atoms with E-state index in [0.717, 1.165) is 6.54 Å². The van der Waals surface area contributed by atoms with Gasteiger partial charge in [-0.25, -0.2) is 0 Å². The van der Waals surface area contributed by atoms with Crippen LogP contribution in [-0.4, -0.2) is 24.1 Å². The Balaban J connectivity index is 1.84. The summed E-state index contributed by atoms with van der Waals surface area (Å²) in [6.45, 7) is 4.49. The highest BCUT2D eigenvalue weighted by Gasteiger charge is 2.15. The molecule has 1 fully saturated rings. The highest BCUT2D eigenvalue weighted by atomic mass is 15.0. The van der Waals surface area contributed by atoms with Crippen molar-refractivity contribution in [1.29, 1.82) is 0 Å². The molecular weight excluding hydrogens is 174 g/mol. The molecule has 78 valence electrons. The standard InChI is InChI=1S/C11H19N3/c1-9(11-5-3-7-13-11)14-10-4-2-6-12-8-10/h3,5,7,9-10,12-14H,2,4,6,8H2,1H3/t9?,10-/m0/s1. The van der Waals surface area contributed by atoms with Gasteiger partial charge in [0, 0.05) is 30.5 Å². The van der Waals surface area contributed by atoms with E-state index in [-0.39, 0.29) is 0 Å². The van der Waals surface area contributed by atoms with E-state index in [9.17, 15) is 0 Å². The van der Waals surface area contributed by atoms with E-state index in [1.54, 1.807) is 0 Å². The zero-order valence-corrected chi connectivity index (χ0v) is 8.72. The third kappa shape index (κ3) is 2.36. The summed E-state index contributed by atoms with van der Waals surface area (Å²) in [7, 11) is 0. The molecule has 3 N–H and O–H groups in total. The minimum atomic E-state index is 0.426. The van der Waals surface area contributed by atoms with Crippen molar-refractivity contribution in [2.75, 3.05) is 13.1 Å². The summed E-state index contributed by atoms with van der Waals surface area (Å²) < 4.78 is 0. The smallest absolute Gasteiger partial charge is 0.0446 e. The van der Waals surface area contributed by atoms with Crippen LogP contribution in [0.1, 0.15) is 31.5 Å². The van der Waals surface area contributed by atoms with E-state index in [1.807, 2.05) is 12.3 Å². The highest BCUT2D eigenvalue weighted by molar-refractivity contribution is 5.08. The van der Waals surface area contributed by atoms with Gasteiger partial charge in [-0.05, 0) is 38.4 Å². The Hall–Kier alpha value is -0.800. The summed E-state index contributed by atoms with van der Waals surface area (Å²) in [6.07, 6.45) is 4.56. The van der Waals surface area contributed by atoms with Crippen molar-refractivity contribution >= 4 is 0 Å². The lowest BCUT2D eigenvalue weighted by Crippen LogP contribution is -2.44. The first-order chi connectivity index (χ1) is 6.86. The lowest BCUT2D eigenvalue weighted by atomic mass is 10.1. The second kappa shape index (κ2) is 4.62. The fourth-order valence-corrected chi connectivity index (χ4v) is 2.05. The largest absolute Gasteiger partial charge is 0.364 e. The predicted molar refractivity (Wildman–Crippen MR) is 58.2 cm³/mol. The number of aromatic nitrogens is 1. The third-order valence-electron chi connectivity index (χ3n) is 2.87. The van der Waals surface area contributed by atoms with Gasteiger partial charge >= 0.3 is 0 Å². The van der Waals surface area contributed by atoms with Gasteiger partial charge in [-0.3, -0.25) is 0 Å². The van der Waals surface area contributed by atoms with Crippen LogP contribution in [0.25, 0.3) is 0 Å². The van der Waals surface area contributed by atoms with E-state index < -0.39 is 0 Å². The number of hydrogen-bond acceptors (Lipinski definition) is 2. The van der Waals surface area contributed by atoms with Crippen LogP contribution in [0.2, 0.25) is 0 Å². The molecule has 1 aromatic rings. The third-order valence-corrected chi connectivity index (χ3v) is 2.87. The van der Waals surface area contributed by atoms with Gasteiger partial charge in [0.15, 0.2) is 0 Å². The van der Waals surface area contributed by atoms with Gasteiger partial charge in [-0.1, -0.05) is 0 Å². The van der Waals surface area contributed by atoms with Crippen molar-refractivity contribution in [2.45, 2.75) is 31.8 Å². The maximum atomic E-state index is 3.63. The van der Waals surface area contributed by atoms with Crippen LogP contribution < -0.4 is 10.6 Å². The van der Waals surface area contributed by atoms with Crippen molar-refractivity contribution in [1.82, 2.24) is 15.6 Å². The number of nitrogens with one attached hydrogen (secondary N) is 3. The summed E-state index contributed by atoms with van der Waals surface area (Å²) >= 11 is 0. The monoisotopic (exact) mass is 193 g/mol. The van der Waals surface area contributed by atoms with Gasteiger partial charge in [0.05, 0.1) is 0 Å². The Morgan fingerprint density at radius 3 is 3.14 bits per heavy atom. The molecule has 14 heavy (non-hydrogen) atoms. The van der Waals surface area contributed by atoms with Crippen LogP contribution in [0.5, 0.6) is 0 Å². The second-order valence-corrected chi connectivity index (χ2v) is 4.06. The summed E-state index contributed by atoms with van der Waals surface area (Å²) in [5, 5.41) is 7.04. The topological polar surface area (TPSA) is 39.8 Å². The number of hydrogen-bond donors (Lipinski definition) is 3. The highest BCUT2D eigenvalue weighted by Crippen LogP contribution is 2.12. The van der Waals surface area contributed by atoms with Crippen LogP contribution in [-0.2, 0) is 0 Å². The molecule has 1 saturated heterocycles. The lowest BCUT2D eigenvalue weighted by molar-refractivity contribution is 0.360. The molecule has 0 saturated carbocycles. The van der Waals surface area contributed by atoms with E-state index >= 15 is 0 Å². The fraction of sp³-hybridized carbons (Fsp3) is 0.636. The molecule has 2 atom stereocenters. The molecule has 0 bridgehead atoms. The van der Waals surface area contributed by atoms with Gasteiger partial charge in [0.1, 0.15) is 0 Å². The number of H-pyrrole nitrogens is 1. The molecule has 0 spiro atoms. The second-order valence-electron chi connectivity index (χ2n) is 4.06. The van der Waals surface area contributed by atoms with Crippen molar-refractivity contribution in [3.63, 3.8) is 0 Å². The van der Waals surface area contributed by atoms with Crippen LogP contribution in [0.15, 0.2) is 18.3 Å². The van der Waals surface area contributed by atoms with Gasteiger partial charge in [-0.15, -0.1) is 0 Å². The SMILES string of the molecule is CC(N[C@H]1CCCNC1)c1ccc[nH]1. The Labute approximate surface area is 85.3 Å². The first-order valence-corrected chi connectivity index (χ1v) is 5.46. The van der Waals surface area contributed by atoms with Crippen molar-refractivity contribution < 1.29 is 0 Å². The summed E-state index contributed by atoms with van der Waals surface area (Å²) in [5.41, 5.74) is 1.27. The molecule has 1 aliphatic rings. The molecule has 1 aliphatic heterocycles. The number of rotatable bonds is 3. The van der Waals surface area contributed by atoms with Crippen LogP contribution >= 0.6 is 0 Å². The van der Waals surface area contributed by atoms with Crippen LogP contribution in [0.3, 0.4) is 0 Å². The molecule has 2 rings (SSSR count). The Morgan fingerprint density at radius 1 is 1.57 bits per heavy atom. The Morgan fingerprint density at radius 2 is 2.50 bits per heavy atom. The van der Waals surface area contributed by atoms with Crippen LogP contribution in [0.4, 0.5) is 0 Å². The predicted octanol–water partition coefficient (Wildman–Crippen LogP) is 1.42. The van der Waals surface area contributed by atoms with Gasteiger partial charge in [0.25, 0.3) is 0 Å². The minimum Gasteiger partial charge on any atom is -0.364 e. The van der Waals surface area contributed by atoms with Gasteiger partial charge < -0.3 is 15.6 Å². The first-order valence-electron chi connectivity index (χ1n) is 5.46. The normalized spacial score (nSPS) is 24.8. The first kappa shape index (κ1) is 9.74. The Kier molecular flexibility index (Phi) is 3.22. The van der Waals surface area contributed by atoms with Crippen molar-refractivity contribution in [2.24, 2.45) is 0 Å². The molecule has 2 heterocycles. The molecular formula is C11H19N3. The average Bonchev–Trinajstić information content (AvgIpc) is 2.72. The molecule has 0 amide bonds. The summed E-state index contributed by atoms with van der Waals surface area (Å²) in [6, 6.07) is 5.23. The minimum absolute atomic E-state index is 0.426. The van der Waals surface area contributed by atoms with Gasteiger partial charge in [0.2, 0.25) is 0 Å². The van der Waals surface area contributed by atoms with Gasteiger partial charge in [-0.2, -0.15) is 0 Å².